The Hall–Kier alpha value is -1.39. The van der Waals surface area contributed by atoms with E-state index in [0.717, 1.165) is 0 Å². The lowest BCUT2D eigenvalue weighted by molar-refractivity contribution is 0.102. The Bertz CT molecular complexity index is 586. The topological polar surface area (TPSA) is 29.1 Å². The summed E-state index contributed by atoms with van der Waals surface area (Å²) in [6.07, 6.45) is 0. The molecule has 0 unspecified atom stereocenters. The standard InChI is InChI=1S/C13H8BrClFNO/c14-9-3-6-12(11(16)7-9)17-13(18)8-1-4-10(15)5-2-8/h1-7H,(H,17,18). The van der Waals surface area contributed by atoms with E-state index in [0.29, 0.717) is 15.1 Å². The first kappa shape index (κ1) is 13.1. The summed E-state index contributed by atoms with van der Waals surface area (Å²) in [5.41, 5.74) is 0.555. The molecule has 0 spiro atoms. The van der Waals surface area contributed by atoms with E-state index in [1.165, 1.54) is 12.1 Å². The van der Waals surface area contributed by atoms with Crippen molar-refractivity contribution in [2.45, 2.75) is 0 Å². The smallest absolute Gasteiger partial charge is 0.255 e. The van der Waals surface area contributed by atoms with Gasteiger partial charge in [-0.05, 0) is 42.5 Å². The van der Waals surface area contributed by atoms with Gasteiger partial charge < -0.3 is 5.32 Å². The van der Waals surface area contributed by atoms with Gasteiger partial charge in [-0.1, -0.05) is 27.5 Å². The van der Waals surface area contributed by atoms with Crippen LogP contribution in [0.1, 0.15) is 10.4 Å². The van der Waals surface area contributed by atoms with Gasteiger partial charge in [-0.3, -0.25) is 4.79 Å². The second-order valence-corrected chi connectivity index (χ2v) is 4.94. The van der Waals surface area contributed by atoms with Gasteiger partial charge in [0.2, 0.25) is 0 Å². The zero-order valence-corrected chi connectivity index (χ0v) is 11.4. The minimum absolute atomic E-state index is 0.137. The summed E-state index contributed by atoms with van der Waals surface area (Å²) >= 11 is 8.87. The van der Waals surface area contributed by atoms with Crippen LogP contribution in [0.25, 0.3) is 0 Å². The van der Waals surface area contributed by atoms with Crippen LogP contribution in [0.2, 0.25) is 5.02 Å². The molecular weight excluding hydrogens is 321 g/mol. The molecule has 0 fully saturated rings. The van der Waals surface area contributed by atoms with Crippen LogP contribution in [-0.4, -0.2) is 5.91 Å². The van der Waals surface area contributed by atoms with Crippen LogP contribution in [0.5, 0.6) is 0 Å². The van der Waals surface area contributed by atoms with Crippen molar-refractivity contribution in [2.24, 2.45) is 0 Å². The summed E-state index contributed by atoms with van der Waals surface area (Å²) in [4.78, 5) is 11.8. The van der Waals surface area contributed by atoms with Gasteiger partial charge in [0.05, 0.1) is 5.69 Å². The molecule has 0 aromatic heterocycles. The van der Waals surface area contributed by atoms with Gasteiger partial charge in [0, 0.05) is 15.1 Å². The number of hydrogen-bond donors (Lipinski definition) is 1. The number of nitrogens with one attached hydrogen (secondary N) is 1. The van der Waals surface area contributed by atoms with Crippen molar-refractivity contribution in [2.75, 3.05) is 5.32 Å². The number of carbonyl (C=O) groups excluding carboxylic acids is 1. The van der Waals surface area contributed by atoms with E-state index in [1.807, 2.05) is 0 Å². The van der Waals surface area contributed by atoms with E-state index in [9.17, 15) is 9.18 Å². The van der Waals surface area contributed by atoms with Crippen molar-refractivity contribution in [1.82, 2.24) is 0 Å². The molecule has 0 heterocycles. The van der Waals surface area contributed by atoms with Crippen molar-refractivity contribution in [3.05, 3.63) is 63.3 Å². The lowest BCUT2D eigenvalue weighted by Gasteiger charge is -2.06. The third-order valence-electron chi connectivity index (χ3n) is 2.29. The van der Waals surface area contributed by atoms with Crippen LogP contribution in [0, 0.1) is 5.82 Å². The number of anilines is 1. The van der Waals surface area contributed by atoms with Gasteiger partial charge in [0.1, 0.15) is 5.82 Å². The highest BCUT2D eigenvalue weighted by molar-refractivity contribution is 9.10. The van der Waals surface area contributed by atoms with E-state index in [1.54, 1.807) is 30.3 Å². The molecule has 0 bridgehead atoms. The van der Waals surface area contributed by atoms with Crippen molar-refractivity contribution in [3.63, 3.8) is 0 Å². The van der Waals surface area contributed by atoms with Crippen LogP contribution < -0.4 is 5.32 Å². The maximum Gasteiger partial charge on any atom is 0.255 e. The molecule has 0 aliphatic rings. The molecule has 0 atom stereocenters. The Kier molecular flexibility index (Phi) is 3.99. The van der Waals surface area contributed by atoms with Gasteiger partial charge in [-0.2, -0.15) is 0 Å². The fourth-order valence-electron chi connectivity index (χ4n) is 1.39. The Balaban J connectivity index is 2.18. The molecule has 0 aliphatic heterocycles. The molecule has 92 valence electrons. The normalized spacial score (nSPS) is 10.2. The molecule has 0 aliphatic carbocycles. The second kappa shape index (κ2) is 5.50. The third-order valence-corrected chi connectivity index (χ3v) is 3.03. The van der Waals surface area contributed by atoms with Gasteiger partial charge in [-0.15, -0.1) is 0 Å². The first-order valence-corrected chi connectivity index (χ1v) is 6.25. The summed E-state index contributed by atoms with van der Waals surface area (Å²) in [6.45, 7) is 0. The zero-order chi connectivity index (χ0) is 13.1. The van der Waals surface area contributed by atoms with Crippen LogP contribution in [-0.2, 0) is 0 Å². The minimum Gasteiger partial charge on any atom is -0.319 e. The van der Waals surface area contributed by atoms with Crippen LogP contribution in [0.15, 0.2) is 46.9 Å². The number of rotatable bonds is 2. The third kappa shape index (κ3) is 3.09. The number of carbonyl (C=O) groups is 1. The van der Waals surface area contributed by atoms with E-state index in [4.69, 9.17) is 11.6 Å². The predicted octanol–water partition coefficient (Wildman–Crippen LogP) is 4.49. The lowest BCUT2D eigenvalue weighted by Crippen LogP contribution is -2.12. The predicted molar refractivity (Wildman–Crippen MR) is 73.5 cm³/mol. The maximum atomic E-state index is 13.5. The number of amides is 1. The fourth-order valence-corrected chi connectivity index (χ4v) is 1.85. The summed E-state index contributed by atoms with van der Waals surface area (Å²) in [5.74, 6) is -0.875. The molecule has 1 N–H and O–H groups in total. The molecule has 0 radical (unpaired) electrons. The highest BCUT2D eigenvalue weighted by atomic mass is 79.9. The van der Waals surface area contributed by atoms with Gasteiger partial charge >= 0.3 is 0 Å². The Morgan fingerprint density at radius 1 is 1.17 bits per heavy atom. The lowest BCUT2D eigenvalue weighted by atomic mass is 10.2. The molecule has 18 heavy (non-hydrogen) atoms. The first-order valence-electron chi connectivity index (χ1n) is 5.08. The van der Waals surface area contributed by atoms with E-state index in [2.05, 4.69) is 21.2 Å². The van der Waals surface area contributed by atoms with E-state index >= 15 is 0 Å². The number of benzene rings is 2. The first-order chi connectivity index (χ1) is 8.56. The van der Waals surface area contributed by atoms with Crippen LogP contribution in [0.3, 0.4) is 0 Å². The fraction of sp³-hybridized carbons (Fsp3) is 0. The molecule has 2 aromatic rings. The molecule has 2 nitrogen and oxygen atoms in total. The van der Waals surface area contributed by atoms with Crippen molar-refractivity contribution < 1.29 is 9.18 Å². The Morgan fingerprint density at radius 2 is 1.83 bits per heavy atom. The zero-order valence-electron chi connectivity index (χ0n) is 9.08. The monoisotopic (exact) mass is 327 g/mol. The summed E-state index contributed by atoms with van der Waals surface area (Å²) < 4.78 is 14.1. The van der Waals surface area contributed by atoms with Crippen LogP contribution in [0.4, 0.5) is 10.1 Å². The number of halogens is 3. The van der Waals surface area contributed by atoms with Crippen molar-refractivity contribution >= 4 is 39.1 Å². The number of hydrogen-bond acceptors (Lipinski definition) is 1. The summed E-state index contributed by atoms with van der Waals surface area (Å²) in [5, 5.41) is 3.04. The summed E-state index contributed by atoms with van der Waals surface area (Å²) in [6, 6.07) is 10.8. The highest BCUT2D eigenvalue weighted by Gasteiger charge is 2.09. The highest BCUT2D eigenvalue weighted by Crippen LogP contribution is 2.20. The minimum atomic E-state index is -0.494. The SMILES string of the molecule is O=C(Nc1ccc(Br)cc1F)c1ccc(Cl)cc1. The van der Waals surface area contributed by atoms with Gasteiger partial charge in [-0.25, -0.2) is 4.39 Å². The van der Waals surface area contributed by atoms with E-state index < -0.39 is 5.82 Å². The largest absolute Gasteiger partial charge is 0.319 e. The molecule has 1 amide bonds. The molecular formula is C13H8BrClFNO. The molecule has 2 aromatic carbocycles. The average molecular weight is 329 g/mol. The molecule has 0 saturated heterocycles. The Labute approximate surface area is 117 Å². The summed E-state index contributed by atoms with van der Waals surface area (Å²) in [7, 11) is 0. The van der Waals surface area contributed by atoms with Crippen molar-refractivity contribution in [3.8, 4) is 0 Å². The maximum absolute atomic E-state index is 13.5. The van der Waals surface area contributed by atoms with Gasteiger partial charge in [0.15, 0.2) is 0 Å². The molecule has 0 saturated carbocycles. The quantitative estimate of drug-likeness (QED) is 0.864. The molecule has 5 heteroatoms. The van der Waals surface area contributed by atoms with Crippen LogP contribution >= 0.6 is 27.5 Å². The van der Waals surface area contributed by atoms with Gasteiger partial charge in [0.25, 0.3) is 5.91 Å². The second-order valence-electron chi connectivity index (χ2n) is 3.59. The van der Waals surface area contributed by atoms with E-state index in [-0.39, 0.29) is 11.6 Å². The van der Waals surface area contributed by atoms with Crippen molar-refractivity contribution in [1.29, 1.82) is 0 Å². The average Bonchev–Trinajstić information content (AvgIpc) is 2.33. The molecule has 2 rings (SSSR count). The Morgan fingerprint density at radius 3 is 2.44 bits per heavy atom.